The van der Waals surface area contributed by atoms with Crippen LogP contribution in [0.5, 0.6) is 0 Å². The molecule has 1 rings (SSSR count). The summed E-state index contributed by atoms with van der Waals surface area (Å²) in [6, 6.07) is 0.144. The van der Waals surface area contributed by atoms with Crippen LogP contribution in [0.25, 0.3) is 0 Å². The van der Waals surface area contributed by atoms with Gasteiger partial charge in [0.05, 0.1) is 23.1 Å². The maximum atomic E-state index is 7.19. The molecule has 0 spiro atoms. The molecule has 0 saturated carbocycles. The molecule has 0 aliphatic carbocycles. The molecular weight excluding hydrogens is 188 g/mol. The number of hydrogen-bond donors (Lipinski definition) is 2. The Balaban J connectivity index is 2.72. The standard InChI is InChI=1S/C8H13ClN4/c1-2-7(3-8(10)11)13-5-6(9)4-12-13/h4-5,7H,2-3H2,1H3,(H3,10,11). The zero-order valence-corrected chi connectivity index (χ0v) is 8.25. The monoisotopic (exact) mass is 200 g/mol. The van der Waals surface area contributed by atoms with E-state index >= 15 is 0 Å². The molecule has 0 fully saturated rings. The summed E-state index contributed by atoms with van der Waals surface area (Å²) in [5.74, 6) is 0.179. The van der Waals surface area contributed by atoms with Crippen molar-refractivity contribution in [1.82, 2.24) is 9.78 Å². The van der Waals surface area contributed by atoms with Crippen molar-refractivity contribution in [3.8, 4) is 0 Å². The van der Waals surface area contributed by atoms with Crippen LogP contribution in [-0.2, 0) is 0 Å². The molecule has 1 unspecified atom stereocenters. The number of nitrogens with one attached hydrogen (secondary N) is 1. The number of amidine groups is 1. The van der Waals surface area contributed by atoms with Crippen LogP contribution in [-0.4, -0.2) is 15.6 Å². The van der Waals surface area contributed by atoms with E-state index in [2.05, 4.69) is 5.10 Å². The lowest BCUT2D eigenvalue weighted by molar-refractivity contribution is 0.453. The second-order valence-electron chi connectivity index (χ2n) is 2.93. The summed E-state index contributed by atoms with van der Waals surface area (Å²) in [5, 5.41) is 11.9. The van der Waals surface area contributed by atoms with Crippen molar-refractivity contribution in [3.63, 3.8) is 0 Å². The molecule has 1 aromatic heterocycles. The van der Waals surface area contributed by atoms with Gasteiger partial charge in [-0.2, -0.15) is 5.10 Å². The average molecular weight is 201 g/mol. The maximum absolute atomic E-state index is 7.19. The van der Waals surface area contributed by atoms with Gasteiger partial charge in [-0.25, -0.2) is 0 Å². The van der Waals surface area contributed by atoms with Gasteiger partial charge < -0.3 is 5.73 Å². The number of aromatic nitrogens is 2. The van der Waals surface area contributed by atoms with Crippen LogP contribution in [0.1, 0.15) is 25.8 Å². The molecule has 72 valence electrons. The van der Waals surface area contributed by atoms with Gasteiger partial charge in [0, 0.05) is 12.6 Å². The fourth-order valence-electron chi connectivity index (χ4n) is 1.19. The lowest BCUT2D eigenvalue weighted by atomic mass is 10.1. The third-order valence-electron chi connectivity index (χ3n) is 1.87. The smallest absolute Gasteiger partial charge is 0.0926 e. The van der Waals surface area contributed by atoms with Gasteiger partial charge in [-0.1, -0.05) is 18.5 Å². The van der Waals surface area contributed by atoms with Gasteiger partial charge in [-0.05, 0) is 6.42 Å². The molecule has 0 aromatic carbocycles. The zero-order chi connectivity index (χ0) is 9.84. The van der Waals surface area contributed by atoms with Crippen LogP contribution in [0, 0.1) is 5.41 Å². The van der Waals surface area contributed by atoms with E-state index in [1.807, 2.05) is 6.92 Å². The molecule has 4 nitrogen and oxygen atoms in total. The van der Waals surface area contributed by atoms with E-state index in [1.165, 1.54) is 0 Å². The molecule has 0 saturated heterocycles. The summed E-state index contributed by atoms with van der Waals surface area (Å²) in [7, 11) is 0. The van der Waals surface area contributed by atoms with Crippen LogP contribution in [0.2, 0.25) is 5.02 Å². The highest BCUT2D eigenvalue weighted by atomic mass is 35.5. The maximum Gasteiger partial charge on any atom is 0.0926 e. The normalized spacial score (nSPS) is 12.8. The van der Waals surface area contributed by atoms with Gasteiger partial charge in [-0.3, -0.25) is 10.1 Å². The van der Waals surface area contributed by atoms with Crippen molar-refractivity contribution in [1.29, 1.82) is 5.41 Å². The summed E-state index contributed by atoms with van der Waals surface area (Å²) in [6.45, 7) is 2.03. The number of rotatable bonds is 4. The Labute approximate surface area is 82.2 Å². The first kappa shape index (κ1) is 10.1. The van der Waals surface area contributed by atoms with Gasteiger partial charge in [0.15, 0.2) is 0 Å². The zero-order valence-electron chi connectivity index (χ0n) is 7.50. The number of hydrogen-bond acceptors (Lipinski definition) is 2. The van der Waals surface area contributed by atoms with E-state index < -0.39 is 0 Å². The van der Waals surface area contributed by atoms with Gasteiger partial charge in [-0.15, -0.1) is 0 Å². The Morgan fingerprint density at radius 2 is 2.54 bits per heavy atom. The molecule has 5 heteroatoms. The minimum Gasteiger partial charge on any atom is -0.388 e. The van der Waals surface area contributed by atoms with E-state index in [1.54, 1.807) is 17.1 Å². The van der Waals surface area contributed by atoms with Crippen molar-refractivity contribution >= 4 is 17.4 Å². The lowest BCUT2D eigenvalue weighted by Gasteiger charge is -2.13. The first-order chi connectivity index (χ1) is 6.13. The molecule has 1 heterocycles. The van der Waals surface area contributed by atoms with E-state index in [4.69, 9.17) is 22.7 Å². The van der Waals surface area contributed by atoms with Crippen molar-refractivity contribution in [2.45, 2.75) is 25.8 Å². The predicted octanol–water partition coefficient (Wildman–Crippen LogP) is 1.81. The second kappa shape index (κ2) is 4.28. The van der Waals surface area contributed by atoms with E-state index in [0.29, 0.717) is 11.4 Å². The number of nitrogens with zero attached hydrogens (tertiary/aromatic N) is 2. The van der Waals surface area contributed by atoms with E-state index in [-0.39, 0.29) is 11.9 Å². The summed E-state index contributed by atoms with van der Waals surface area (Å²) in [4.78, 5) is 0. The molecule has 1 aromatic rings. The molecule has 1 atom stereocenters. The lowest BCUT2D eigenvalue weighted by Crippen LogP contribution is -2.18. The highest BCUT2D eigenvalue weighted by Gasteiger charge is 2.10. The number of nitrogens with two attached hydrogens (primary N) is 1. The summed E-state index contributed by atoms with van der Waals surface area (Å²) < 4.78 is 1.75. The van der Waals surface area contributed by atoms with Crippen LogP contribution in [0.4, 0.5) is 0 Å². The Bertz CT molecular complexity index is 294. The minimum atomic E-state index is 0.144. The molecule has 3 N–H and O–H groups in total. The van der Waals surface area contributed by atoms with Gasteiger partial charge >= 0.3 is 0 Å². The van der Waals surface area contributed by atoms with E-state index in [0.717, 1.165) is 6.42 Å². The molecule has 13 heavy (non-hydrogen) atoms. The highest BCUT2D eigenvalue weighted by Crippen LogP contribution is 2.16. The van der Waals surface area contributed by atoms with Crippen LogP contribution < -0.4 is 5.73 Å². The van der Waals surface area contributed by atoms with Crippen LogP contribution in [0.15, 0.2) is 12.4 Å². The molecular formula is C8H13ClN4. The van der Waals surface area contributed by atoms with Crippen molar-refractivity contribution in [2.24, 2.45) is 5.73 Å². The summed E-state index contributed by atoms with van der Waals surface area (Å²) in [6.07, 6.45) is 4.75. The first-order valence-corrected chi connectivity index (χ1v) is 4.53. The molecule has 0 aliphatic heterocycles. The summed E-state index contributed by atoms with van der Waals surface area (Å²) in [5.41, 5.74) is 5.32. The number of halogens is 1. The Kier molecular flexibility index (Phi) is 3.31. The predicted molar refractivity (Wildman–Crippen MR) is 53.1 cm³/mol. The van der Waals surface area contributed by atoms with Crippen molar-refractivity contribution in [3.05, 3.63) is 17.4 Å². The highest BCUT2D eigenvalue weighted by molar-refractivity contribution is 6.30. The van der Waals surface area contributed by atoms with Crippen molar-refractivity contribution in [2.75, 3.05) is 0 Å². The summed E-state index contributed by atoms with van der Waals surface area (Å²) >= 11 is 5.73. The third-order valence-corrected chi connectivity index (χ3v) is 2.07. The Morgan fingerprint density at radius 3 is 2.92 bits per heavy atom. The average Bonchev–Trinajstić information content (AvgIpc) is 2.47. The second-order valence-corrected chi connectivity index (χ2v) is 3.37. The fraction of sp³-hybridized carbons (Fsp3) is 0.500. The Morgan fingerprint density at radius 1 is 1.85 bits per heavy atom. The van der Waals surface area contributed by atoms with Crippen LogP contribution >= 0.6 is 11.6 Å². The quantitative estimate of drug-likeness (QED) is 0.575. The van der Waals surface area contributed by atoms with E-state index in [9.17, 15) is 0 Å². The van der Waals surface area contributed by atoms with Crippen molar-refractivity contribution < 1.29 is 0 Å². The van der Waals surface area contributed by atoms with Crippen LogP contribution in [0.3, 0.4) is 0 Å². The van der Waals surface area contributed by atoms with Gasteiger partial charge in [0.1, 0.15) is 0 Å². The Hall–Kier alpha value is -1.03. The molecule has 0 bridgehead atoms. The third kappa shape index (κ3) is 2.73. The minimum absolute atomic E-state index is 0.144. The fourth-order valence-corrected chi connectivity index (χ4v) is 1.34. The van der Waals surface area contributed by atoms with Gasteiger partial charge in [0.25, 0.3) is 0 Å². The molecule has 0 aliphatic rings. The largest absolute Gasteiger partial charge is 0.388 e. The molecule has 0 radical (unpaired) electrons. The topological polar surface area (TPSA) is 67.7 Å². The first-order valence-electron chi connectivity index (χ1n) is 4.16. The molecule has 0 amide bonds. The van der Waals surface area contributed by atoms with Gasteiger partial charge in [0.2, 0.25) is 0 Å². The SMILES string of the molecule is CCC(CC(=N)N)n1cc(Cl)cn1.